The van der Waals surface area contributed by atoms with E-state index < -0.39 is 11.7 Å². The van der Waals surface area contributed by atoms with Gasteiger partial charge in [-0.3, -0.25) is 4.68 Å². The molecule has 0 atom stereocenters. The van der Waals surface area contributed by atoms with Crippen LogP contribution >= 0.6 is 0 Å². The van der Waals surface area contributed by atoms with Crippen LogP contribution in [0.4, 0.5) is 9.18 Å². The maximum atomic E-state index is 13.5. The van der Waals surface area contributed by atoms with Crippen molar-refractivity contribution in [3.8, 4) is 11.4 Å². The van der Waals surface area contributed by atoms with E-state index in [-0.39, 0.29) is 5.82 Å². The number of fused-ring (bicyclic) bond motifs is 1. The lowest BCUT2D eigenvalue weighted by Crippen LogP contribution is -2.27. The first-order valence-electron chi connectivity index (χ1n) is 7.29. The summed E-state index contributed by atoms with van der Waals surface area (Å²) in [5, 5.41) is 4.76. The van der Waals surface area contributed by atoms with Crippen LogP contribution in [0.5, 0.6) is 0 Å². The minimum Gasteiger partial charge on any atom is -0.443 e. The lowest BCUT2D eigenvalue weighted by molar-refractivity contribution is 0.0547. The molecule has 1 aromatic carbocycles. The fraction of sp³-hybridized carbons (Fsp3) is 0.294. The molecule has 0 saturated heterocycles. The molecule has 3 aromatic rings. The van der Waals surface area contributed by atoms with E-state index in [1.54, 1.807) is 56.9 Å². The van der Waals surface area contributed by atoms with Gasteiger partial charge in [0.15, 0.2) is 0 Å². The van der Waals surface area contributed by atoms with E-state index in [2.05, 4.69) is 5.10 Å². The Bertz CT molecular complexity index is 887. The fourth-order valence-electron chi connectivity index (χ4n) is 2.50. The Kier molecular flexibility index (Phi) is 3.47. The minimum absolute atomic E-state index is 0.351. The summed E-state index contributed by atoms with van der Waals surface area (Å²) in [5.74, 6) is -0.351. The molecule has 0 aliphatic carbocycles. The number of hydrogen-bond donors (Lipinski definition) is 0. The van der Waals surface area contributed by atoms with Crippen LogP contribution in [0.1, 0.15) is 20.8 Å². The Labute approximate surface area is 133 Å². The van der Waals surface area contributed by atoms with E-state index in [4.69, 9.17) is 4.74 Å². The summed E-state index contributed by atoms with van der Waals surface area (Å²) in [7, 11) is 1.78. The number of hydrogen-bond acceptors (Lipinski definition) is 3. The molecule has 5 nitrogen and oxygen atoms in total. The van der Waals surface area contributed by atoms with E-state index in [9.17, 15) is 9.18 Å². The van der Waals surface area contributed by atoms with E-state index in [1.165, 1.54) is 16.7 Å². The molecule has 0 bridgehead atoms. The number of benzene rings is 1. The maximum absolute atomic E-state index is 13.5. The van der Waals surface area contributed by atoms with Crippen LogP contribution in [-0.2, 0) is 11.8 Å². The van der Waals surface area contributed by atoms with E-state index >= 15 is 0 Å². The lowest BCUT2D eigenvalue weighted by atomic mass is 10.2. The van der Waals surface area contributed by atoms with E-state index in [1.807, 2.05) is 0 Å². The van der Waals surface area contributed by atoms with Crippen molar-refractivity contribution in [1.29, 1.82) is 0 Å². The Morgan fingerprint density at radius 1 is 1.17 bits per heavy atom. The predicted octanol–water partition coefficient (Wildman–Crippen LogP) is 3.96. The zero-order chi connectivity index (χ0) is 16.8. The second-order valence-electron chi connectivity index (χ2n) is 6.39. The monoisotopic (exact) mass is 315 g/mol. The number of halogens is 1. The third-order valence-electron chi connectivity index (χ3n) is 3.42. The van der Waals surface area contributed by atoms with Crippen molar-refractivity contribution in [2.24, 2.45) is 7.05 Å². The van der Waals surface area contributed by atoms with E-state index in [0.717, 1.165) is 5.69 Å². The molecule has 23 heavy (non-hydrogen) atoms. The molecule has 0 aliphatic heterocycles. The van der Waals surface area contributed by atoms with Crippen LogP contribution in [0.2, 0.25) is 0 Å². The SMILES string of the molecule is Cn1nccc1-c1cc2cc(F)ccc2n1C(=O)OC(C)(C)C. The molecule has 0 radical (unpaired) electrons. The molecule has 0 saturated carbocycles. The third-order valence-corrected chi connectivity index (χ3v) is 3.42. The smallest absolute Gasteiger partial charge is 0.419 e. The third kappa shape index (κ3) is 2.84. The number of carbonyl (C=O) groups is 1. The average molecular weight is 315 g/mol. The largest absolute Gasteiger partial charge is 0.443 e. The van der Waals surface area contributed by atoms with Gasteiger partial charge in [0, 0.05) is 18.6 Å². The van der Waals surface area contributed by atoms with Gasteiger partial charge in [0.25, 0.3) is 0 Å². The number of rotatable bonds is 1. The molecule has 6 heteroatoms. The highest BCUT2D eigenvalue weighted by Gasteiger charge is 2.23. The first-order valence-corrected chi connectivity index (χ1v) is 7.29. The van der Waals surface area contributed by atoms with Gasteiger partial charge in [0.2, 0.25) is 0 Å². The van der Waals surface area contributed by atoms with Crippen molar-refractivity contribution in [1.82, 2.24) is 14.3 Å². The van der Waals surface area contributed by atoms with Gasteiger partial charge in [-0.2, -0.15) is 5.10 Å². The molecule has 0 fully saturated rings. The number of carbonyl (C=O) groups excluding carboxylic acids is 1. The van der Waals surface area contributed by atoms with Crippen LogP contribution in [0.3, 0.4) is 0 Å². The molecule has 2 heterocycles. The van der Waals surface area contributed by atoms with Crippen LogP contribution < -0.4 is 0 Å². The summed E-state index contributed by atoms with van der Waals surface area (Å²) in [6, 6.07) is 7.87. The Hall–Kier alpha value is -2.63. The zero-order valence-corrected chi connectivity index (χ0v) is 13.5. The number of aromatic nitrogens is 3. The number of aryl methyl sites for hydroxylation is 1. The standard InChI is InChI=1S/C17H18FN3O2/c1-17(2,3)23-16(22)21-13-6-5-12(18)9-11(13)10-15(21)14-7-8-19-20(14)4/h5-10H,1-4H3. The Balaban J connectivity index is 2.24. The van der Waals surface area contributed by atoms with Gasteiger partial charge in [-0.1, -0.05) is 0 Å². The second-order valence-corrected chi connectivity index (χ2v) is 6.39. The van der Waals surface area contributed by atoms with Crippen LogP contribution in [-0.4, -0.2) is 26.0 Å². The lowest BCUT2D eigenvalue weighted by Gasteiger charge is -2.21. The average Bonchev–Trinajstić information content (AvgIpc) is 2.99. The van der Waals surface area contributed by atoms with Gasteiger partial charge in [-0.15, -0.1) is 0 Å². The molecule has 3 rings (SSSR count). The molecule has 0 spiro atoms. The molecule has 0 N–H and O–H groups in total. The van der Waals surface area contributed by atoms with Gasteiger partial charge in [0.05, 0.1) is 16.9 Å². The quantitative estimate of drug-likeness (QED) is 0.683. The number of nitrogens with zero attached hydrogens (tertiary/aromatic N) is 3. The first kappa shape index (κ1) is 15.3. The first-order chi connectivity index (χ1) is 10.8. The fourth-order valence-corrected chi connectivity index (χ4v) is 2.50. The van der Waals surface area contributed by atoms with Crippen molar-refractivity contribution in [3.63, 3.8) is 0 Å². The van der Waals surface area contributed by atoms with Crippen LogP contribution in [0.25, 0.3) is 22.3 Å². The van der Waals surface area contributed by atoms with Gasteiger partial charge in [0.1, 0.15) is 11.4 Å². The maximum Gasteiger partial charge on any atom is 0.419 e. The van der Waals surface area contributed by atoms with Crippen molar-refractivity contribution < 1.29 is 13.9 Å². The summed E-state index contributed by atoms with van der Waals surface area (Å²) in [6.45, 7) is 5.42. The topological polar surface area (TPSA) is 49.0 Å². The highest BCUT2D eigenvalue weighted by atomic mass is 19.1. The Morgan fingerprint density at radius 3 is 2.52 bits per heavy atom. The summed E-state index contributed by atoms with van der Waals surface area (Å²) in [5.41, 5.74) is 1.32. The predicted molar refractivity (Wildman–Crippen MR) is 85.7 cm³/mol. The molecule has 2 aromatic heterocycles. The van der Waals surface area contributed by atoms with Crippen molar-refractivity contribution >= 4 is 17.0 Å². The molecule has 0 aliphatic rings. The highest BCUT2D eigenvalue weighted by Crippen LogP contribution is 2.29. The molecule has 0 amide bonds. The van der Waals surface area contributed by atoms with Crippen molar-refractivity contribution in [2.45, 2.75) is 26.4 Å². The van der Waals surface area contributed by atoms with E-state index in [0.29, 0.717) is 16.6 Å². The van der Waals surface area contributed by atoms with Gasteiger partial charge in [-0.05, 0) is 51.1 Å². The van der Waals surface area contributed by atoms with Crippen LogP contribution in [0.15, 0.2) is 36.5 Å². The summed E-state index contributed by atoms with van der Waals surface area (Å²) in [6.07, 6.45) is 1.14. The van der Waals surface area contributed by atoms with Gasteiger partial charge in [-0.25, -0.2) is 13.8 Å². The van der Waals surface area contributed by atoms with Gasteiger partial charge >= 0.3 is 6.09 Å². The van der Waals surface area contributed by atoms with Crippen molar-refractivity contribution in [2.75, 3.05) is 0 Å². The minimum atomic E-state index is -0.628. The molecule has 0 unspecified atom stereocenters. The molecular formula is C17H18FN3O2. The highest BCUT2D eigenvalue weighted by molar-refractivity contribution is 5.95. The van der Waals surface area contributed by atoms with Crippen molar-refractivity contribution in [3.05, 3.63) is 42.3 Å². The second kappa shape index (κ2) is 5.22. The molecule has 120 valence electrons. The summed E-state index contributed by atoms with van der Waals surface area (Å²) < 4.78 is 22.1. The molecular weight excluding hydrogens is 297 g/mol. The summed E-state index contributed by atoms with van der Waals surface area (Å²) in [4.78, 5) is 12.7. The van der Waals surface area contributed by atoms with Gasteiger partial charge < -0.3 is 4.74 Å². The zero-order valence-electron chi connectivity index (χ0n) is 13.5. The number of ether oxygens (including phenoxy) is 1. The normalized spacial score (nSPS) is 11.9. The summed E-state index contributed by atoms with van der Waals surface area (Å²) >= 11 is 0. The Morgan fingerprint density at radius 2 is 1.91 bits per heavy atom. The van der Waals surface area contributed by atoms with Crippen LogP contribution in [0, 0.1) is 5.82 Å².